The highest BCUT2D eigenvalue weighted by molar-refractivity contribution is 8.01. The molecule has 1 aromatic carbocycles. The Hall–Kier alpha value is -3.72. The van der Waals surface area contributed by atoms with Crippen molar-refractivity contribution in [2.75, 3.05) is 16.8 Å². The molecule has 0 bridgehead atoms. The summed E-state index contributed by atoms with van der Waals surface area (Å²) >= 11 is 2.25. The van der Waals surface area contributed by atoms with Gasteiger partial charge in [-0.2, -0.15) is 0 Å². The van der Waals surface area contributed by atoms with Crippen molar-refractivity contribution in [3.8, 4) is 0 Å². The first-order chi connectivity index (χ1) is 19.3. The molecule has 2 aromatic rings. The van der Waals surface area contributed by atoms with E-state index >= 15 is 0 Å². The number of fused-ring (bicyclic) bond motifs is 1. The number of aliphatic carboxylic acids is 2. The van der Waals surface area contributed by atoms with Crippen molar-refractivity contribution in [3.05, 3.63) is 41.1 Å². The molecule has 0 radical (unpaired) electrons. The Morgan fingerprint density at radius 1 is 1.24 bits per heavy atom. The maximum absolute atomic E-state index is 13.1. The number of nitrogens with one attached hydrogen (secondary N) is 3. The zero-order chi connectivity index (χ0) is 29.9. The molecule has 1 saturated heterocycles. The number of sulfonamides is 1. The van der Waals surface area contributed by atoms with Gasteiger partial charge in [0.05, 0.1) is 12.2 Å². The van der Waals surface area contributed by atoms with Crippen LogP contribution >= 0.6 is 23.5 Å². The van der Waals surface area contributed by atoms with E-state index in [1.165, 1.54) is 11.8 Å². The van der Waals surface area contributed by atoms with Gasteiger partial charge in [0.2, 0.25) is 21.1 Å². The molecule has 0 spiro atoms. The normalized spacial score (nSPS) is 20.0. The predicted octanol–water partition coefficient (Wildman–Crippen LogP) is -1.90. The lowest BCUT2D eigenvalue weighted by Gasteiger charge is -2.50. The first-order valence-electron chi connectivity index (χ1n) is 11.8. The summed E-state index contributed by atoms with van der Waals surface area (Å²) in [6.45, 7) is 0. The molecule has 3 unspecified atom stereocenters. The molecule has 220 valence electrons. The molecule has 9 N–H and O–H groups in total. The number of carboxylic acids is 2. The maximum atomic E-state index is 13.1. The van der Waals surface area contributed by atoms with Crippen LogP contribution < -0.4 is 21.5 Å². The predicted molar refractivity (Wildman–Crippen MR) is 145 cm³/mol. The summed E-state index contributed by atoms with van der Waals surface area (Å²) in [5.74, 6) is -4.00. The minimum Gasteiger partial charge on any atom is -0.479 e. The molecule has 1 fully saturated rings. The molecule has 41 heavy (non-hydrogen) atoms. The fourth-order valence-electron chi connectivity index (χ4n) is 4.17. The van der Waals surface area contributed by atoms with Gasteiger partial charge in [0, 0.05) is 16.7 Å². The number of anilines is 1. The molecule has 2 amide bonds. The van der Waals surface area contributed by atoms with Crippen molar-refractivity contribution in [3.63, 3.8) is 0 Å². The standard InChI is InChI=1S/C21H25N9O8S3/c22-16(20(35)36)24-10-3-1-9(2-4-10)7-13(31)25-14-17(32)30-15(19(33)34)11(8-39-18(14)30)12(5-6-41(23,37)38)40-21-26-28-29-27-21/h1-4,12,14,16,18,24H,5-8,22H2,(H,25,31)(H,33,34)(H,35,36)(H2,23,37,38)(H,26,27,28,29)/t12?,14?,16?,18-/m0/s1. The van der Waals surface area contributed by atoms with E-state index in [-0.39, 0.29) is 29.4 Å². The van der Waals surface area contributed by atoms with Crippen LogP contribution in [0.5, 0.6) is 0 Å². The highest BCUT2D eigenvalue weighted by atomic mass is 32.2. The summed E-state index contributed by atoms with van der Waals surface area (Å²) in [6, 6.07) is 5.35. The number of aromatic amines is 1. The van der Waals surface area contributed by atoms with Crippen LogP contribution in [-0.2, 0) is 35.6 Å². The Balaban J connectivity index is 1.45. The van der Waals surface area contributed by atoms with Crippen molar-refractivity contribution >= 4 is 63.0 Å². The quantitative estimate of drug-likeness (QED) is 0.0725. The number of H-pyrrole nitrogens is 1. The average molecular weight is 628 g/mol. The number of tetrazole rings is 1. The van der Waals surface area contributed by atoms with E-state index in [1.54, 1.807) is 24.3 Å². The van der Waals surface area contributed by atoms with Gasteiger partial charge in [-0.15, -0.1) is 16.9 Å². The summed E-state index contributed by atoms with van der Waals surface area (Å²) in [5.41, 5.74) is 6.48. The lowest BCUT2D eigenvalue weighted by molar-refractivity contribution is -0.150. The summed E-state index contributed by atoms with van der Waals surface area (Å²) in [6.07, 6.45) is -1.44. The van der Waals surface area contributed by atoms with Crippen LogP contribution in [0.2, 0.25) is 0 Å². The number of rotatable bonds is 13. The SMILES string of the molecule is NC(Nc1ccc(CC(=O)NC2C(=O)N3C(C(=O)O)=C(C(CCS(N)(=O)=O)Sc4nnn[nH]4)CS[C@@H]23)cc1)C(=O)O. The minimum absolute atomic E-state index is 0.0553. The van der Waals surface area contributed by atoms with Crippen molar-refractivity contribution in [1.82, 2.24) is 30.8 Å². The molecule has 17 nitrogen and oxygen atoms in total. The number of carboxylic acid groups (broad SMARTS) is 2. The second-order valence-corrected chi connectivity index (χ2v) is 13.0. The van der Waals surface area contributed by atoms with Crippen molar-refractivity contribution in [2.24, 2.45) is 10.9 Å². The Bertz CT molecular complexity index is 1470. The van der Waals surface area contributed by atoms with E-state index in [9.17, 15) is 32.7 Å². The summed E-state index contributed by atoms with van der Waals surface area (Å²) in [7, 11) is -3.87. The van der Waals surface area contributed by atoms with Crippen LogP contribution in [0.25, 0.3) is 0 Å². The second-order valence-electron chi connectivity index (χ2n) is 8.94. The van der Waals surface area contributed by atoms with Gasteiger partial charge < -0.3 is 26.6 Å². The Labute approximate surface area is 240 Å². The minimum atomic E-state index is -3.87. The zero-order valence-corrected chi connectivity index (χ0v) is 23.4. The second kappa shape index (κ2) is 12.4. The number of benzene rings is 1. The number of amides is 2. The van der Waals surface area contributed by atoms with E-state index in [0.29, 0.717) is 16.8 Å². The van der Waals surface area contributed by atoms with Gasteiger partial charge in [-0.25, -0.2) is 28.2 Å². The Kier molecular flexibility index (Phi) is 9.17. The van der Waals surface area contributed by atoms with Crippen LogP contribution in [0.3, 0.4) is 0 Å². The number of carbonyl (C=O) groups excluding carboxylic acids is 2. The van der Waals surface area contributed by atoms with Gasteiger partial charge in [0.1, 0.15) is 17.1 Å². The van der Waals surface area contributed by atoms with Gasteiger partial charge in [0.25, 0.3) is 5.91 Å². The molecule has 0 aliphatic carbocycles. The number of nitrogens with two attached hydrogens (primary N) is 2. The smallest absolute Gasteiger partial charge is 0.352 e. The topological polar surface area (TPSA) is 277 Å². The highest BCUT2D eigenvalue weighted by Gasteiger charge is 2.54. The monoisotopic (exact) mass is 627 g/mol. The van der Waals surface area contributed by atoms with Crippen LogP contribution in [0.15, 0.2) is 40.7 Å². The third-order valence-electron chi connectivity index (χ3n) is 6.06. The molecule has 4 rings (SSSR count). The fraction of sp³-hybridized carbons (Fsp3) is 0.381. The number of hydrogen-bond donors (Lipinski definition) is 7. The van der Waals surface area contributed by atoms with Crippen LogP contribution in [0.4, 0.5) is 5.69 Å². The van der Waals surface area contributed by atoms with Crippen LogP contribution in [0.1, 0.15) is 12.0 Å². The van der Waals surface area contributed by atoms with E-state index in [4.69, 9.17) is 16.0 Å². The molecule has 2 aliphatic heterocycles. The average Bonchev–Trinajstić information content (AvgIpc) is 3.42. The van der Waals surface area contributed by atoms with E-state index in [1.807, 2.05) is 0 Å². The third kappa shape index (κ3) is 7.33. The lowest BCUT2D eigenvalue weighted by Crippen LogP contribution is -2.70. The van der Waals surface area contributed by atoms with Crippen LogP contribution in [0, 0.1) is 0 Å². The Morgan fingerprint density at radius 2 is 1.95 bits per heavy atom. The summed E-state index contributed by atoms with van der Waals surface area (Å²) in [4.78, 5) is 50.1. The third-order valence-corrected chi connectivity index (χ3v) is 9.36. The maximum Gasteiger partial charge on any atom is 0.352 e. The molecule has 1 aromatic heterocycles. The highest BCUT2D eigenvalue weighted by Crippen LogP contribution is 2.44. The number of aromatic nitrogens is 4. The molecule has 20 heteroatoms. The van der Waals surface area contributed by atoms with Crippen molar-refractivity contribution < 1.29 is 37.8 Å². The first kappa shape index (κ1) is 30.2. The summed E-state index contributed by atoms with van der Waals surface area (Å²) in [5, 5.41) is 41.3. The number of thioether (sulfide) groups is 2. The zero-order valence-electron chi connectivity index (χ0n) is 21.0. The van der Waals surface area contributed by atoms with Gasteiger partial charge in [-0.3, -0.25) is 14.5 Å². The van der Waals surface area contributed by atoms with Crippen molar-refractivity contribution in [2.45, 2.75) is 40.8 Å². The van der Waals surface area contributed by atoms with Gasteiger partial charge >= 0.3 is 11.9 Å². The fourth-order valence-corrected chi connectivity index (χ4v) is 7.43. The van der Waals surface area contributed by atoms with Crippen molar-refractivity contribution in [1.29, 1.82) is 0 Å². The number of carbonyl (C=O) groups is 4. The number of β-lactam (4-membered cyclic amide) rings is 1. The van der Waals surface area contributed by atoms with Gasteiger partial charge in [-0.05, 0) is 40.1 Å². The van der Waals surface area contributed by atoms with Crippen LogP contribution in [-0.4, -0.2) is 102 Å². The molecular formula is C21H25N9O8S3. The van der Waals surface area contributed by atoms with Gasteiger partial charge in [-0.1, -0.05) is 23.9 Å². The largest absolute Gasteiger partial charge is 0.479 e. The number of primary sulfonamides is 1. The lowest BCUT2D eigenvalue weighted by atomic mass is 10.00. The summed E-state index contributed by atoms with van der Waals surface area (Å²) < 4.78 is 23.2. The van der Waals surface area contributed by atoms with E-state index in [0.717, 1.165) is 16.7 Å². The molecule has 0 saturated carbocycles. The number of hydrogen-bond acceptors (Lipinski definition) is 13. The first-order valence-corrected chi connectivity index (χ1v) is 15.4. The Morgan fingerprint density at radius 3 is 2.54 bits per heavy atom. The molecule has 4 atom stereocenters. The molecular weight excluding hydrogens is 602 g/mol. The molecule has 2 aliphatic rings. The van der Waals surface area contributed by atoms with Gasteiger partial charge in [0.15, 0.2) is 6.17 Å². The van der Waals surface area contributed by atoms with E-state index < -0.39 is 62.4 Å². The number of nitrogens with zero attached hydrogens (tertiary/aromatic N) is 4. The van der Waals surface area contributed by atoms with E-state index in [2.05, 4.69) is 31.3 Å². The molecule has 3 heterocycles.